The van der Waals surface area contributed by atoms with Crippen LogP contribution in [0.4, 0.5) is 5.82 Å². The van der Waals surface area contributed by atoms with E-state index in [2.05, 4.69) is 41.2 Å². The van der Waals surface area contributed by atoms with Gasteiger partial charge in [-0.25, -0.2) is 9.97 Å². The molecule has 0 unspecified atom stereocenters. The van der Waals surface area contributed by atoms with Gasteiger partial charge in [-0.2, -0.15) is 0 Å². The summed E-state index contributed by atoms with van der Waals surface area (Å²) in [5.74, 6) is 2.66. The van der Waals surface area contributed by atoms with Gasteiger partial charge in [-0.15, -0.1) is 0 Å². The second kappa shape index (κ2) is 6.24. The van der Waals surface area contributed by atoms with Crippen LogP contribution in [0.25, 0.3) is 0 Å². The van der Waals surface area contributed by atoms with Gasteiger partial charge in [-0.3, -0.25) is 0 Å². The van der Waals surface area contributed by atoms with E-state index in [9.17, 15) is 0 Å². The van der Waals surface area contributed by atoms with Crippen LogP contribution < -0.4 is 5.32 Å². The van der Waals surface area contributed by atoms with Gasteiger partial charge in [0.15, 0.2) is 0 Å². The van der Waals surface area contributed by atoms with Crippen LogP contribution in [-0.2, 0) is 11.8 Å². The Labute approximate surface area is 126 Å². The highest BCUT2D eigenvalue weighted by molar-refractivity contribution is 5.33. The minimum atomic E-state index is -0.0334. The van der Waals surface area contributed by atoms with Crippen molar-refractivity contribution in [3.8, 4) is 0 Å². The first-order valence-corrected chi connectivity index (χ1v) is 7.37. The maximum atomic E-state index is 5.17. The lowest BCUT2D eigenvalue weighted by Crippen LogP contribution is -2.17. The molecular formula is C16H24N4O. The summed E-state index contributed by atoms with van der Waals surface area (Å²) in [6, 6.07) is 1.91. The summed E-state index contributed by atoms with van der Waals surface area (Å²) in [5.41, 5.74) is 2.17. The first-order valence-electron chi connectivity index (χ1n) is 7.37. The minimum absolute atomic E-state index is 0.0334. The van der Waals surface area contributed by atoms with Crippen LogP contribution in [0.1, 0.15) is 50.0 Å². The average molecular weight is 288 g/mol. The van der Waals surface area contributed by atoms with Crippen molar-refractivity contribution in [2.45, 2.75) is 52.9 Å². The van der Waals surface area contributed by atoms with Gasteiger partial charge in [0.2, 0.25) is 0 Å². The summed E-state index contributed by atoms with van der Waals surface area (Å²) in [4.78, 5) is 8.89. The second-order valence-corrected chi connectivity index (χ2v) is 6.35. The largest absolute Gasteiger partial charge is 0.370 e. The molecule has 0 saturated carbocycles. The van der Waals surface area contributed by atoms with E-state index in [1.165, 1.54) is 5.56 Å². The molecule has 0 aromatic carbocycles. The monoisotopic (exact) mass is 288 g/mol. The molecule has 0 spiro atoms. The first kappa shape index (κ1) is 15.5. The number of hydrogen-bond donors (Lipinski definition) is 1. The van der Waals surface area contributed by atoms with E-state index in [1.54, 1.807) is 0 Å². The molecule has 0 fully saturated rings. The standard InChI is InChI=1S/C16H24N4O/c1-11-13(12(2)21-20-11)7-6-9-17-14-8-10-18-15(19-14)16(3,4)5/h8,10H,6-7,9H2,1-5H3,(H,17,18,19). The van der Waals surface area contributed by atoms with Crippen molar-refractivity contribution in [3.05, 3.63) is 35.1 Å². The number of nitrogens with one attached hydrogen (secondary N) is 1. The number of rotatable bonds is 5. The predicted molar refractivity (Wildman–Crippen MR) is 83.5 cm³/mol. The SMILES string of the molecule is Cc1noc(C)c1CCCNc1ccnc(C(C)(C)C)n1. The van der Waals surface area contributed by atoms with Gasteiger partial charge >= 0.3 is 0 Å². The highest BCUT2D eigenvalue weighted by Gasteiger charge is 2.17. The van der Waals surface area contributed by atoms with Crippen molar-refractivity contribution in [3.63, 3.8) is 0 Å². The molecule has 114 valence electrons. The summed E-state index contributed by atoms with van der Waals surface area (Å²) in [7, 11) is 0. The molecule has 2 aromatic rings. The van der Waals surface area contributed by atoms with Crippen LogP contribution >= 0.6 is 0 Å². The van der Waals surface area contributed by atoms with Crippen LogP contribution in [0.5, 0.6) is 0 Å². The molecule has 0 saturated heterocycles. The number of hydrogen-bond acceptors (Lipinski definition) is 5. The van der Waals surface area contributed by atoms with Gasteiger partial charge in [0, 0.05) is 23.7 Å². The van der Waals surface area contributed by atoms with Crippen molar-refractivity contribution in [2.75, 3.05) is 11.9 Å². The molecule has 2 aromatic heterocycles. The van der Waals surface area contributed by atoms with E-state index in [4.69, 9.17) is 4.52 Å². The highest BCUT2D eigenvalue weighted by atomic mass is 16.5. The summed E-state index contributed by atoms with van der Waals surface area (Å²) >= 11 is 0. The molecule has 21 heavy (non-hydrogen) atoms. The van der Waals surface area contributed by atoms with Gasteiger partial charge in [-0.05, 0) is 32.8 Å². The fourth-order valence-corrected chi connectivity index (χ4v) is 2.16. The summed E-state index contributed by atoms with van der Waals surface area (Å²) in [5, 5.41) is 7.33. The van der Waals surface area contributed by atoms with Gasteiger partial charge in [0.1, 0.15) is 17.4 Å². The van der Waals surface area contributed by atoms with Crippen molar-refractivity contribution >= 4 is 5.82 Å². The molecule has 5 heteroatoms. The van der Waals surface area contributed by atoms with Crippen LogP contribution in [0.2, 0.25) is 0 Å². The van der Waals surface area contributed by atoms with Gasteiger partial charge < -0.3 is 9.84 Å². The van der Waals surface area contributed by atoms with Gasteiger partial charge in [-0.1, -0.05) is 25.9 Å². The second-order valence-electron chi connectivity index (χ2n) is 6.35. The Bertz CT molecular complexity index is 579. The molecule has 0 aliphatic heterocycles. The molecule has 2 heterocycles. The molecular weight excluding hydrogens is 264 g/mol. The molecule has 0 radical (unpaired) electrons. The fourth-order valence-electron chi connectivity index (χ4n) is 2.16. The van der Waals surface area contributed by atoms with Crippen LogP contribution in [-0.4, -0.2) is 21.7 Å². The normalized spacial score (nSPS) is 11.7. The van der Waals surface area contributed by atoms with E-state index in [0.717, 1.165) is 42.5 Å². The zero-order chi connectivity index (χ0) is 15.5. The summed E-state index contributed by atoms with van der Waals surface area (Å²) in [6.45, 7) is 11.2. The van der Waals surface area contributed by atoms with E-state index in [1.807, 2.05) is 26.1 Å². The highest BCUT2D eigenvalue weighted by Crippen LogP contribution is 2.19. The predicted octanol–water partition coefficient (Wildman–Crippen LogP) is 3.42. The zero-order valence-corrected chi connectivity index (χ0v) is 13.5. The Morgan fingerprint density at radius 1 is 1.24 bits per heavy atom. The average Bonchev–Trinajstić information content (AvgIpc) is 2.74. The fraction of sp³-hybridized carbons (Fsp3) is 0.562. The van der Waals surface area contributed by atoms with Crippen LogP contribution in [0.3, 0.4) is 0 Å². The lowest BCUT2D eigenvalue weighted by Gasteiger charge is -2.17. The molecule has 5 nitrogen and oxygen atoms in total. The van der Waals surface area contributed by atoms with E-state index >= 15 is 0 Å². The molecule has 0 aliphatic rings. The van der Waals surface area contributed by atoms with Crippen molar-refractivity contribution in [1.82, 2.24) is 15.1 Å². The third kappa shape index (κ3) is 4.03. The van der Waals surface area contributed by atoms with E-state index < -0.39 is 0 Å². The summed E-state index contributed by atoms with van der Waals surface area (Å²) in [6.07, 6.45) is 3.79. The van der Waals surface area contributed by atoms with E-state index in [-0.39, 0.29) is 5.41 Å². The number of nitrogens with zero attached hydrogens (tertiary/aromatic N) is 3. The van der Waals surface area contributed by atoms with Crippen LogP contribution in [0, 0.1) is 13.8 Å². The smallest absolute Gasteiger partial charge is 0.137 e. The Morgan fingerprint density at radius 2 is 2.00 bits per heavy atom. The number of aromatic nitrogens is 3. The van der Waals surface area contributed by atoms with Gasteiger partial charge in [0.25, 0.3) is 0 Å². The molecule has 0 amide bonds. The quantitative estimate of drug-likeness (QED) is 0.854. The summed E-state index contributed by atoms with van der Waals surface area (Å²) < 4.78 is 5.17. The van der Waals surface area contributed by atoms with E-state index in [0.29, 0.717) is 0 Å². The molecule has 0 atom stereocenters. The van der Waals surface area contributed by atoms with Crippen molar-refractivity contribution < 1.29 is 4.52 Å². The molecule has 0 aliphatic carbocycles. The Balaban J connectivity index is 1.87. The lowest BCUT2D eigenvalue weighted by atomic mass is 9.96. The zero-order valence-electron chi connectivity index (χ0n) is 13.5. The Morgan fingerprint density at radius 3 is 2.62 bits per heavy atom. The van der Waals surface area contributed by atoms with Gasteiger partial charge in [0.05, 0.1) is 5.69 Å². The van der Waals surface area contributed by atoms with Crippen LogP contribution in [0.15, 0.2) is 16.8 Å². The third-order valence-electron chi connectivity index (χ3n) is 3.42. The molecule has 2 rings (SSSR count). The lowest BCUT2D eigenvalue weighted by molar-refractivity contribution is 0.392. The Hall–Kier alpha value is -1.91. The maximum Gasteiger partial charge on any atom is 0.137 e. The maximum absolute atomic E-state index is 5.17. The minimum Gasteiger partial charge on any atom is -0.370 e. The van der Waals surface area contributed by atoms with Crippen molar-refractivity contribution in [1.29, 1.82) is 0 Å². The third-order valence-corrected chi connectivity index (χ3v) is 3.42. The molecule has 1 N–H and O–H groups in total. The number of anilines is 1. The topological polar surface area (TPSA) is 63.8 Å². The number of aryl methyl sites for hydroxylation is 2. The Kier molecular flexibility index (Phi) is 4.60. The molecule has 0 bridgehead atoms. The first-order chi connectivity index (χ1) is 9.88. The van der Waals surface area contributed by atoms with Crippen molar-refractivity contribution in [2.24, 2.45) is 0 Å².